The lowest BCUT2D eigenvalue weighted by Gasteiger charge is -2.45. The smallest absolute Gasteiger partial charge is 0.0814 e. The van der Waals surface area contributed by atoms with E-state index in [2.05, 4.69) is 17.1 Å². The van der Waals surface area contributed by atoms with Gasteiger partial charge in [0.25, 0.3) is 0 Å². The van der Waals surface area contributed by atoms with E-state index in [0.717, 1.165) is 26.1 Å². The van der Waals surface area contributed by atoms with Crippen molar-refractivity contribution in [1.82, 2.24) is 10.2 Å². The highest BCUT2D eigenvalue weighted by molar-refractivity contribution is 4.90. The molecule has 5 nitrogen and oxygen atoms in total. The zero-order valence-electron chi connectivity index (χ0n) is 8.29. The van der Waals surface area contributed by atoms with Crippen molar-refractivity contribution in [2.24, 2.45) is 17.2 Å². The molecule has 0 aromatic heterocycles. The summed E-state index contributed by atoms with van der Waals surface area (Å²) in [5.74, 6) is 0. The van der Waals surface area contributed by atoms with Crippen molar-refractivity contribution in [3.05, 3.63) is 0 Å². The molecule has 1 atom stereocenters. The molecule has 78 valence electrons. The van der Waals surface area contributed by atoms with Crippen molar-refractivity contribution in [3.63, 3.8) is 0 Å². The van der Waals surface area contributed by atoms with Gasteiger partial charge in [-0.15, -0.1) is 0 Å². The van der Waals surface area contributed by atoms with Gasteiger partial charge < -0.3 is 22.5 Å². The zero-order valence-corrected chi connectivity index (χ0v) is 8.29. The summed E-state index contributed by atoms with van der Waals surface area (Å²) in [4.78, 5) is 2.17. The van der Waals surface area contributed by atoms with Crippen molar-refractivity contribution in [2.75, 3.05) is 26.2 Å². The molecule has 0 aliphatic carbocycles. The lowest BCUT2D eigenvalue weighted by Crippen LogP contribution is -2.68. The van der Waals surface area contributed by atoms with Crippen molar-refractivity contribution in [2.45, 2.75) is 25.2 Å². The van der Waals surface area contributed by atoms with Gasteiger partial charge >= 0.3 is 0 Å². The second-order valence-electron chi connectivity index (χ2n) is 3.74. The van der Waals surface area contributed by atoms with E-state index in [1.807, 2.05) is 0 Å². The van der Waals surface area contributed by atoms with Gasteiger partial charge in [0.1, 0.15) is 0 Å². The largest absolute Gasteiger partial charge is 0.315 e. The molecule has 5 heteroatoms. The molecule has 1 aliphatic heterocycles. The zero-order chi connectivity index (χ0) is 9.90. The lowest BCUT2D eigenvalue weighted by molar-refractivity contribution is 0.0558. The maximum Gasteiger partial charge on any atom is 0.0814 e. The number of hydrogen-bond acceptors (Lipinski definition) is 5. The maximum atomic E-state index is 6.20. The van der Waals surface area contributed by atoms with Crippen LogP contribution in [0.2, 0.25) is 0 Å². The number of nitrogens with zero attached hydrogens (tertiary/aromatic N) is 1. The molecular formula is C8H21N5. The van der Waals surface area contributed by atoms with Gasteiger partial charge in [0.15, 0.2) is 0 Å². The minimum atomic E-state index is -0.299. The van der Waals surface area contributed by atoms with E-state index >= 15 is 0 Å². The molecule has 1 rings (SSSR count). The summed E-state index contributed by atoms with van der Waals surface area (Å²) in [5.41, 5.74) is 17.1. The Hall–Kier alpha value is -0.200. The number of nitrogens with one attached hydrogen (secondary N) is 1. The maximum absolute atomic E-state index is 6.20. The molecule has 0 spiro atoms. The van der Waals surface area contributed by atoms with Crippen molar-refractivity contribution in [3.8, 4) is 0 Å². The second-order valence-corrected chi connectivity index (χ2v) is 3.74. The first-order chi connectivity index (χ1) is 6.08. The first kappa shape index (κ1) is 10.9. The number of nitrogens with two attached hydrogens (primary N) is 3. The monoisotopic (exact) mass is 187 g/mol. The highest BCUT2D eigenvalue weighted by Gasteiger charge is 2.33. The minimum absolute atomic E-state index is 0.269. The molecule has 1 unspecified atom stereocenters. The molecule has 1 aliphatic rings. The highest BCUT2D eigenvalue weighted by atomic mass is 15.3. The Labute approximate surface area is 79.6 Å². The fourth-order valence-electron chi connectivity index (χ4n) is 1.73. The SMILES string of the molecule is CCC1(N)CNCCN1CC(N)N. The third-order valence-electron chi connectivity index (χ3n) is 2.66. The standard InChI is InChI=1S/C8H21N5/c1-2-8(11)6-12-3-4-13(8)5-7(9)10/h7,12H,2-6,9-11H2,1H3. The van der Waals surface area contributed by atoms with Crippen molar-refractivity contribution < 1.29 is 0 Å². The average Bonchev–Trinajstić information content (AvgIpc) is 2.09. The number of hydrogen-bond donors (Lipinski definition) is 4. The van der Waals surface area contributed by atoms with Crippen molar-refractivity contribution >= 4 is 0 Å². The molecule has 1 saturated heterocycles. The molecule has 1 heterocycles. The average molecular weight is 187 g/mol. The molecule has 0 aromatic rings. The van der Waals surface area contributed by atoms with Gasteiger partial charge in [0.05, 0.1) is 11.8 Å². The fraction of sp³-hybridized carbons (Fsp3) is 1.00. The molecule has 0 bridgehead atoms. The highest BCUT2D eigenvalue weighted by Crippen LogP contribution is 2.14. The predicted molar refractivity (Wildman–Crippen MR) is 53.8 cm³/mol. The Morgan fingerprint density at radius 3 is 2.77 bits per heavy atom. The number of piperazine rings is 1. The molecule has 1 fully saturated rings. The summed E-state index contributed by atoms with van der Waals surface area (Å²) in [7, 11) is 0. The minimum Gasteiger partial charge on any atom is -0.315 e. The Balaban J connectivity index is 2.56. The van der Waals surface area contributed by atoms with Gasteiger partial charge in [-0.25, -0.2) is 0 Å². The first-order valence-corrected chi connectivity index (χ1v) is 4.84. The van der Waals surface area contributed by atoms with Crippen LogP contribution in [0.5, 0.6) is 0 Å². The quantitative estimate of drug-likeness (QED) is 0.391. The van der Waals surface area contributed by atoms with Gasteiger partial charge in [-0.2, -0.15) is 0 Å². The van der Waals surface area contributed by atoms with Crippen LogP contribution in [-0.4, -0.2) is 42.9 Å². The molecule has 0 aromatic carbocycles. The first-order valence-electron chi connectivity index (χ1n) is 4.84. The van der Waals surface area contributed by atoms with E-state index < -0.39 is 0 Å². The third kappa shape index (κ3) is 2.62. The van der Waals surface area contributed by atoms with Crippen LogP contribution in [0.3, 0.4) is 0 Å². The van der Waals surface area contributed by atoms with E-state index in [0.29, 0.717) is 6.54 Å². The summed E-state index contributed by atoms with van der Waals surface area (Å²) in [5, 5.41) is 3.28. The fourth-order valence-corrected chi connectivity index (χ4v) is 1.73. The van der Waals surface area contributed by atoms with Crippen molar-refractivity contribution in [1.29, 1.82) is 0 Å². The van der Waals surface area contributed by atoms with E-state index in [-0.39, 0.29) is 11.8 Å². The Bertz CT molecular complexity index is 161. The summed E-state index contributed by atoms with van der Waals surface area (Å²) in [6, 6.07) is 0. The van der Waals surface area contributed by atoms with Crippen LogP contribution in [-0.2, 0) is 0 Å². The van der Waals surface area contributed by atoms with E-state index in [4.69, 9.17) is 17.2 Å². The third-order valence-corrected chi connectivity index (χ3v) is 2.66. The molecule has 0 amide bonds. The normalized spacial score (nSPS) is 31.2. The predicted octanol–water partition coefficient (Wildman–Crippen LogP) is -1.80. The van der Waals surface area contributed by atoms with Crippen LogP contribution in [0.1, 0.15) is 13.3 Å². The summed E-state index contributed by atoms with van der Waals surface area (Å²) in [6.07, 6.45) is 0.611. The topological polar surface area (TPSA) is 93.3 Å². The van der Waals surface area contributed by atoms with Crippen LogP contribution in [0.25, 0.3) is 0 Å². The summed E-state index contributed by atoms with van der Waals surface area (Å²) < 4.78 is 0. The Kier molecular flexibility index (Phi) is 3.63. The summed E-state index contributed by atoms with van der Waals surface area (Å²) in [6.45, 7) is 5.46. The Morgan fingerprint density at radius 2 is 2.23 bits per heavy atom. The van der Waals surface area contributed by atoms with Gasteiger partial charge in [0, 0.05) is 26.2 Å². The van der Waals surface area contributed by atoms with E-state index in [1.54, 1.807) is 0 Å². The van der Waals surface area contributed by atoms with E-state index in [1.165, 1.54) is 0 Å². The Morgan fingerprint density at radius 1 is 1.54 bits per heavy atom. The van der Waals surface area contributed by atoms with Crippen LogP contribution in [0.15, 0.2) is 0 Å². The molecular weight excluding hydrogens is 166 g/mol. The van der Waals surface area contributed by atoms with Gasteiger partial charge in [-0.3, -0.25) is 4.90 Å². The van der Waals surface area contributed by atoms with Crippen LogP contribution < -0.4 is 22.5 Å². The summed E-state index contributed by atoms with van der Waals surface area (Å²) >= 11 is 0. The van der Waals surface area contributed by atoms with Gasteiger partial charge in [0.2, 0.25) is 0 Å². The van der Waals surface area contributed by atoms with Gasteiger partial charge in [-0.1, -0.05) is 6.92 Å². The molecule has 7 N–H and O–H groups in total. The lowest BCUT2D eigenvalue weighted by atomic mass is 10.0. The van der Waals surface area contributed by atoms with Gasteiger partial charge in [-0.05, 0) is 6.42 Å². The number of rotatable bonds is 3. The van der Waals surface area contributed by atoms with Crippen LogP contribution >= 0.6 is 0 Å². The second kappa shape index (κ2) is 4.34. The molecule has 0 saturated carbocycles. The molecule has 13 heavy (non-hydrogen) atoms. The molecule has 0 radical (unpaired) electrons. The van der Waals surface area contributed by atoms with Crippen LogP contribution in [0.4, 0.5) is 0 Å². The van der Waals surface area contributed by atoms with E-state index in [9.17, 15) is 0 Å². The van der Waals surface area contributed by atoms with Crippen LogP contribution in [0, 0.1) is 0 Å².